The molecule has 2 rings (SSSR count). The highest BCUT2D eigenvalue weighted by Gasteiger charge is 2.27. The van der Waals surface area contributed by atoms with Gasteiger partial charge in [-0.05, 0) is 12.1 Å². The Labute approximate surface area is 99.7 Å². The number of rotatable bonds is 3. The summed E-state index contributed by atoms with van der Waals surface area (Å²) in [6.45, 7) is -1.35. The number of halogens is 3. The summed E-state index contributed by atoms with van der Waals surface area (Å²) < 4.78 is 40.6. The van der Waals surface area contributed by atoms with Crippen LogP contribution in [0, 0.1) is 0 Å². The lowest BCUT2D eigenvalue weighted by molar-refractivity contribution is -0.138. The summed E-state index contributed by atoms with van der Waals surface area (Å²) in [4.78, 5) is 11.3. The second-order valence-electron chi connectivity index (χ2n) is 3.69. The van der Waals surface area contributed by atoms with E-state index in [1.807, 2.05) is 0 Å². The topological polar surface area (TPSA) is 55.1 Å². The monoisotopic (exact) mass is 258 g/mol. The van der Waals surface area contributed by atoms with Gasteiger partial charge < -0.3 is 9.84 Å². The highest BCUT2D eigenvalue weighted by Crippen LogP contribution is 2.18. The number of amides is 1. The van der Waals surface area contributed by atoms with Crippen LogP contribution in [0.25, 0.3) is 11.0 Å². The van der Waals surface area contributed by atoms with Crippen LogP contribution >= 0.6 is 0 Å². The minimum atomic E-state index is -4.42. The van der Waals surface area contributed by atoms with Gasteiger partial charge in [0.15, 0.2) is 5.58 Å². The third-order valence-corrected chi connectivity index (χ3v) is 2.27. The van der Waals surface area contributed by atoms with Gasteiger partial charge in [-0.25, -0.2) is 0 Å². The summed E-state index contributed by atoms with van der Waals surface area (Å²) in [5.74, 6) is -0.744. The molecule has 0 unspecified atom stereocenters. The van der Waals surface area contributed by atoms with Gasteiger partial charge in [0.2, 0.25) is 5.91 Å². The first-order valence-corrected chi connectivity index (χ1v) is 5.12. The van der Waals surface area contributed by atoms with Crippen molar-refractivity contribution in [2.75, 3.05) is 6.54 Å². The predicted octanol–water partition coefficient (Wildman–Crippen LogP) is 2.05. The highest BCUT2D eigenvalue weighted by atomic mass is 19.4. The normalized spacial score (nSPS) is 11.7. The van der Waals surface area contributed by atoms with Crippen molar-refractivity contribution < 1.29 is 22.5 Å². The van der Waals surface area contributed by atoms with Crippen molar-refractivity contribution in [3.8, 4) is 0 Å². The summed E-state index contributed by atoms with van der Waals surface area (Å²) in [6.07, 6.45) is -4.66. The molecule has 1 N–H and O–H groups in total. The van der Waals surface area contributed by atoms with E-state index in [-0.39, 0.29) is 6.42 Å². The Morgan fingerprint density at radius 2 is 2.06 bits per heavy atom. The van der Waals surface area contributed by atoms with E-state index in [0.717, 1.165) is 0 Å². The number of para-hydroxylation sites is 1. The van der Waals surface area contributed by atoms with Crippen molar-refractivity contribution in [2.24, 2.45) is 0 Å². The van der Waals surface area contributed by atoms with Crippen LogP contribution in [0.15, 0.2) is 28.8 Å². The Bertz CT molecular complexity index is 563. The van der Waals surface area contributed by atoms with E-state index in [9.17, 15) is 18.0 Å². The van der Waals surface area contributed by atoms with E-state index < -0.39 is 18.6 Å². The first kappa shape index (κ1) is 12.4. The van der Waals surface area contributed by atoms with E-state index in [2.05, 4.69) is 5.16 Å². The molecular weight excluding hydrogens is 249 g/mol. The van der Waals surface area contributed by atoms with Gasteiger partial charge in [-0.3, -0.25) is 4.79 Å². The molecule has 0 aliphatic carbocycles. The third-order valence-electron chi connectivity index (χ3n) is 2.27. The Morgan fingerprint density at radius 1 is 1.33 bits per heavy atom. The second-order valence-corrected chi connectivity index (χ2v) is 3.69. The van der Waals surface area contributed by atoms with Crippen molar-refractivity contribution in [1.29, 1.82) is 0 Å². The van der Waals surface area contributed by atoms with Gasteiger partial charge in [0.25, 0.3) is 0 Å². The largest absolute Gasteiger partial charge is 0.405 e. The highest BCUT2D eigenvalue weighted by molar-refractivity contribution is 5.86. The number of alkyl halides is 3. The fourth-order valence-corrected chi connectivity index (χ4v) is 1.48. The average Bonchev–Trinajstić information content (AvgIpc) is 2.70. The fourth-order valence-electron chi connectivity index (χ4n) is 1.48. The molecule has 7 heteroatoms. The maximum absolute atomic E-state index is 11.9. The summed E-state index contributed by atoms with van der Waals surface area (Å²) in [5.41, 5.74) is 0.821. The molecule has 18 heavy (non-hydrogen) atoms. The van der Waals surface area contributed by atoms with Gasteiger partial charge in [-0.15, -0.1) is 0 Å². The minimum Gasteiger partial charge on any atom is -0.356 e. The summed E-state index contributed by atoms with van der Waals surface area (Å²) in [6, 6.07) is 6.83. The fraction of sp³-hybridized carbons (Fsp3) is 0.273. The van der Waals surface area contributed by atoms with Crippen LogP contribution in [-0.2, 0) is 11.2 Å². The van der Waals surface area contributed by atoms with Crippen LogP contribution in [0.3, 0.4) is 0 Å². The maximum Gasteiger partial charge on any atom is 0.405 e. The molecule has 1 heterocycles. The number of benzene rings is 1. The zero-order valence-corrected chi connectivity index (χ0v) is 9.12. The Balaban J connectivity index is 2.03. The maximum atomic E-state index is 11.9. The molecule has 0 atom stereocenters. The molecule has 1 aromatic carbocycles. The molecule has 0 saturated carbocycles. The molecule has 0 saturated heterocycles. The van der Waals surface area contributed by atoms with Crippen LogP contribution in [0.4, 0.5) is 13.2 Å². The van der Waals surface area contributed by atoms with Crippen molar-refractivity contribution in [3.05, 3.63) is 30.0 Å². The number of hydrogen-bond donors (Lipinski definition) is 1. The number of fused-ring (bicyclic) bond motifs is 1. The number of nitrogens with zero attached hydrogens (tertiary/aromatic N) is 1. The molecule has 0 spiro atoms. The van der Waals surface area contributed by atoms with E-state index in [1.165, 1.54) is 0 Å². The molecule has 1 amide bonds. The van der Waals surface area contributed by atoms with Crippen LogP contribution < -0.4 is 5.32 Å². The molecule has 4 nitrogen and oxygen atoms in total. The summed E-state index contributed by atoms with van der Waals surface area (Å²) in [7, 11) is 0. The van der Waals surface area contributed by atoms with Gasteiger partial charge in [0.1, 0.15) is 12.2 Å². The van der Waals surface area contributed by atoms with Crippen LogP contribution in [-0.4, -0.2) is 23.8 Å². The molecule has 2 aromatic rings. The summed E-state index contributed by atoms with van der Waals surface area (Å²) in [5, 5.41) is 6.07. The minimum absolute atomic E-state index is 0.243. The van der Waals surface area contributed by atoms with Crippen molar-refractivity contribution >= 4 is 16.9 Å². The average molecular weight is 258 g/mol. The van der Waals surface area contributed by atoms with Gasteiger partial charge in [-0.2, -0.15) is 13.2 Å². The third kappa shape index (κ3) is 2.99. The standard InChI is InChI=1S/C11H9F3N2O2/c12-11(13,14)6-15-10(17)5-8-7-3-1-2-4-9(7)18-16-8/h1-4H,5-6H2,(H,15,17). The summed E-state index contributed by atoms with van der Waals surface area (Å²) >= 11 is 0. The van der Waals surface area contributed by atoms with Crippen LogP contribution in [0.5, 0.6) is 0 Å². The lowest BCUT2D eigenvalue weighted by Crippen LogP contribution is -2.34. The number of carbonyl (C=O) groups is 1. The number of hydrogen-bond acceptors (Lipinski definition) is 3. The van der Waals surface area contributed by atoms with Crippen molar-refractivity contribution in [3.63, 3.8) is 0 Å². The van der Waals surface area contributed by atoms with E-state index in [1.54, 1.807) is 29.6 Å². The molecule has 0 bridgehead atoms. The van der Waals surface area contributed by atoms with Crippen molar-refractivity contribution in [1.82, 2.24) is 10.5 Å². The molecule has 0 aliphatic rings. The molecule has 1 aromatic heterocycles. The lowest BCUT2D eigenvalue weighted by atomic mass is 10.1. The Kier molecular flexibility index (Phi) is 3.22. The molecule has 0 radical (unpaired) electrons. The Hall–Kier alpha value is -2.05. The molecule has 0 aliphatic heterocycles. The van der Waals surface area contributed by atoms with Crippen LogP contribution in [0.1, 0.15) is 5.69 Å². The number of aromatic nitrogens is 1. The molecular formula is C11H9F3N2O2. The predicted molar refractivity (Wildman–Crippen MR) is 56.8 cm³/mol. The van der Waals surface area contributed by atoms with Crippen molar-refractivity contribution in [2.45, 2.75) is 12.6 Å². The Morgan fingerprint density at radius 3 is 2.78 bits per heavy atom. The van der Waals surface area contributed by atoms with Gasteiger partial charge in [0.05, 0.1) is 6.42 Å². The van der Waals surface area contributed by atoms with Gasteiger partial charge >= 0.3 is 6.18 Å². The zero-order valence-electron chi connectivity index (χ0n) is 9.12. The first-order chi connectivity index (χ1) is 8.46. The quantitative estimate of drug-likeness (QED) is 0.916. The SMILES string of the molecule is O=C(Cc1noc2ccccc12)NCC(F)(F)F. The smallest absolute Gasteiger partial charge is 0.356 e. The van der Waals surface area contributed by atoms with Gasteiger partial charge in [-0.1, -0.05) is 17.3 Å². The second kappa shape index (κ2) is 4.67. The van der Waals surface area contributed by atoms with Crippen LogP contribution in [0.2, 0.25) is 0 Å². The van der Waals surface area contributed by atoms with Gasteiger partial charge in [0, 0.05) is 5.39 Å². The lowest BCUT2D eigenvalue weighted by Gasteiger charge is -2.07. The zero-order chi connectivity index (χ0) is 13.2. The van der Waals surface area contributed by atoms with E-state index >= 15 is 0 Å². The number of carbonyl (C=O) groups excluding carboxylic acids is 1. The van der Waals surface area contributed by atoms with E-state index in [0.29, 0.717) is 16.7 Å². The molecule has 96 valence electrons. The van der Waals surface area contributed by atoms with E-state index in [4.69, 9.17) is 4.52 Å². The number of nitrogens with one attached hydrogen (secondary N) is 1. The first-order valence-electron chi connectivity index (χ1n) is 5.12. The molecule has 0 fully saturated rings.